The summed E-state index contributed by atoms with van der Waals surface area (Å²) in [6.45, 7) is 3.21. The fourth-order valence-corrected chi connectivity index (χ4v) is 5.19. The quantitative estimate of drug-likeness (QED) is 0.132. The Hall–Kier alpha value is -3.73. The number of hydrogen-bond acceptors (Lipinski definition) is 6. The fraction of sp³-hybridized carbons (Fsp3) is 0.241. The zero-order chi connectivity index (χ0) is 28.1. The molecular formula is C29H28BrClN6O3. The van der Waals surface area contributed by atoms with Gasteiger partial charge in [-0.1, -0.05) is 71.6 Å². The maximum Gasteiger partial charge on any atom is 0.352 e. The molecule has 1 atom stereocenters. The number of carbonyl (C=O) groups is 1. The molecule has 0 saturated carbocycles. The van der Waals surface area contributed by atoms with Gasteiger partial charge in [-0.15, -0.1) is 5.10 Å². The van der Waals surface area contributed by atoms with Crippen LogP contribution < -0.4 is 10.1 Å². The van der Waals surface area contributed by atoms with Gasteiger partial charge in [-0.2, -0.15) is 4.68 Å². The van der Waals surface area contributed by atoms with Crippen molar-refractivity contribution in [2.24, 2.45) is 0 Å². The number of carboxylic acids is 1. The molecule has 11 heteroatoms. The highest BCUT2D eigenvalue weighted by atomic mass is 79.9. The van der Waals surface area contributed by atoms with Gasteiger partial charge in [0.1, 0.15) is 18.1 Å². The molecule has 3 aromatic carbocycles. The molecule has 2 heterocycles. The van der Waals surface area contributed by atoms with Crippen LogP contribution in [0.2, 0.25) is 5.02 Å². The number of benzene rings is 3. The highest BCUT2D eigenvalue weighted by Gasteiger charge is 2.30. The van der Waals surface area contributed by atoms with E-state index in [2.05, 4.69) is 48.7 Å². The van der Waals surface area contributed by atoms with Gasteiger partial charge < -0.3 is 20.1 Å². The number of tetrazole rings is 1. The van der Waals surface area contributed by atoms with Crippen molar-refractivity contribution >= 4 is 44.4 Å². The molecule has 0 amide bonds. The summed E-state index contributed by atoms with van der Waals surface area (Å²) < 4.78 is 8.58. The van der Waals surface area contributed by atoms with Crippen LogP contribution in [0, 0.1) is 0 Å². The number of nitrogens with zero attached hydrogens (tertiary/aromatic N) is 4. The number of nitrogens with one attached hydrogen (secondary N) is 2. The SMILES string of the molecule is CCCCCNC(c1c(C(=O)O)[nH]c2cc(Cl)ccc12)c1nnnn1-c1ccc(OCc2ccccc2Br)cc1. The molecule has 0 bridgehead atoms. The van der Waals surface area contributed by atoms with E-state index in [0.29, 0.717) is 46.5 Å². The number of H-pyrrole nitrogens is 1. The van der Waals surface area contributed by atoms with Crippen LogP contribution in [0.5, 0.6) is 5.75 Å². The number of unbranched alkanes of at least 4 members (excludes halogenated alkanes) is 2. The second-order valence-corrected chi connectivity index (χ2v) is 10.6. The lowest BCUT2D eigenvalue weighted by Gasteiger charge is -2.19. The average Bonchev–Trinajstić information content (AvgIpc) is 3.58. The van der Waals surface area contributed by atoms with Crippen molar-refractivity contribution in [3.8, 4) is 11.4 Å². The van der Waals surface area contributed by atoms with Crippen molar-refractivity contribution in [2.45, 2.75) is 38.8 Å². The van der Waals surface area contributed by atoms with E-state index >= 15 is 0 Å². The minimum atomic E-state index is -1.08. The van der Waals surface area contributed by atoms with E-state index in [9.17, 15) is 9.90 Å². The van der Waals surface area contributed by atoms with Crippen LogP contribution in [0.1, 0.15) is 59.7 Å². The molecule has 0 aliphatic carbocycles. The van der Waals surface area contributed by atoms with Crippen molar-refractivity contribution < 1.29 is 14.6 Å². The van der Waals surface area contributed by atoms with Crippen LogP contribution in [-0.4, -0.2) is 42.8 Å². The third-order valence-electron chi connectivity index (χ3n) is 6.62. The summed E-state index contributed by atoms with van der Waals surface area (Å²) in [5.74, 6) is 0.0926. The van der Waals surface area contributed by atoms with Crippen molar-refractivity contribution in [1.82, 2.24) is 30.5 Å². The van der Waals surface area contributed by atoms with Crippen LogP contribution in [0.4, 0.5) is 0 Å². The second kappa shape index (κ2) is 12.6. The molecule has 1 unspecified atom stereocenters. The van der Waals surface area contributed by atoms with Gasteiger partial charge in [-0.05, 0) is 65.9 Å². The first-order valence-corrected chi connectivity index (χ1v) is 14.2. The van der Waals surface area contributed by atoms with Crippen LogP contribution in [0.3, 0.4) is 0 Å². The smallest absolute Gasteiger partial charge is 0.352 e. The zero-order valence-electron chi connectivity index (χ0n) is 21.8. The Morgan fingerprint density at radius 2 is 1.95 bits per heavy atom. The predicted molar refractivity (Wildman–Crippen MR) is 157 cm³/mol. The van der Waals surface area contributed by atoms with Gasteiger partial charge in [0, 0.05) is 31.5 Å². The van der Waals surface area contributed by atoms with E-state index in [1.54, 1.807) is 16.8 Å². The normalized spacial score (nSPS) is 12.1. The standard InChI is InChI=1S/C29H28BrClN6O3/c1-2-3-6-15-32-26(25-22-14-9-19(31)16-24(22)33-27(25)29(38)39)28-34-35-36-37(28)20-10-12-21(13-11-20)40-17-18-7-4-5-8-23(18)30/h4-5,7-14,16,26,32-33H,2-3,6,15,17H2,1H3,(H,38,39). The van der Waals surface area contributed by atoms with Gasteiger partial charge in [-0.25, -0.2) is 4.79 Å². The first-order valence-electron chi connectivity index (χ1n) is 13.0. The number of fused-ring (bicyclic) bond motifs is 1. The second-order valence-electron chi connectivity index (χ2n) is 9.33. The molecule has 0 aliphatic rings. The van der Waals surface area contributed by atoms with E-state index in [1.807, 2.05) is 54.6 Å². The summed E-state index contributed by atoms with van der Waals surface area (Å²) in [6, 6.07) is 20.1. The lowest BCUT2D eigenvalue weighted by Crippen LogP contribution is -2.28. The molecule has 0 fully saturated rings. The van der Waals surface area contributed by atoms with Crippen LogP contribution in [-0.2, 0) is 6.61 Å². The largest absolute Gasteiger partial charge is 0.489 e. The van der Waals surface area contributed by atoms with Crippen molar-refractivity contribution in [3.63, 3.8) is 0 Å². The minimum absolute atomic E-state index is 0.0654. The predicted octanol–water partition coefficient (Wildman–Crippen LogP) is 6.71. The Morgan fingerprint density at radius 1 is 1.15 bits per heavy atom. The molecule has 5 aromatic rings. The lowest BCUT2D eigenvalue weighted by molar-refractivity contribution is 0.0689. The Labute approximate surface area is 244 Å². The number of halogens is 2. The summed E-state index contributed by atoms with van der Waals surface area (Å²) in [4.78, 5) is 15.4. The van der Waals surface area contributed by atoms with E-state index < -0.39 is 12.0 Å². The van der Waals surface area contributed by atoms with E-state index in [4.69, 9.17) is 16.3 Å². The Kier molecular flexibility index (Phi) is 8.78. The van der Waals surface area contributed by atoms with E-state index in [0.717, 1.165) is 34.7 Å². The summed E-state index contributed by atoms with van der Waals surface area (Å²) in [5.41, 5.74) is 3.01. The highest BCUT2D eigenvalue weighted by molar-refractivity contribution is 9.10. The first kappa shape index (κ1) is 27.8. The van der Waals surface area contributed by atoms with Crippen molar-refractivity contribution in [1.29, 1.82) is 0 Å². The van der Waals surface area contributed by atoms with Crippen molar-refractivity contribution in [3.05, 3.63) is 98.9 Å². The number of carboxylic acid groups (broad SMARTS) is 1. The molecule has 0 radical (unpaired) electrons. The van der Waals surface area contributed by atoms with Gasteiger partial charge in [0.25, 0.3) is 0 Å². The Morgan fingerprint density at radius 3 is 2.70 bits per heavy atom. The molecule has 206 valence electrons. The summed E-state index contributed by atoms with van der Waals surface area (Å²) in [5, 5.41) is 27.4. The Bertz CT molecular complexity index is 1620. The lowest BCUT2D eigenvalue weighted by atomic mass is 10.0. The highest BCUT2D eigenvalue weighted by Crippen LogP contribution is 2.34. The van der Waals surface area contributed by atoms with Crippen molar-refractivity contribution in [2.75, 3.05) is 6.54 Å². The van der Waals surface area contributed by atoms with Gasteiger partial charge in [0.05, 0.1) is 11.7 Å². The molecule has 5 rings (SSSR count). The third kappa shape index (κ3) is 6.04. The molecule has 0 spiro atoms. The van der Waals surface area contributed by atoms with Crippen LogP contribution in [0.15, 0.2) is 71.2 Å². The zero-order valence-corrected chi connectivity index (χ0v) is 24.1. The Balaban J connectivity index is 1.49. The summed E-state index contributed by atoms with van der Waals surface area (Å²) >= 11 is 9.76. The number of rotatable bonds is 12. The van der Waals surface area contributed by atoms with Gasteiger partial charge in [0.15, 0.2) is 5.82 Å². The number of aromatic amines is 1. The third-order valence-corrected chi connectivity index (χ3v) is 7.63. The molecule has 9 nitrogen and oxygen atoms in total. The van der Waals surface area contributed by atoms with Gasteiger partial charge >= 0.3 is 5.97 Å². The summed E-state index contributed by atoms with van der Waals surface area (Å²) in [6.07, 6.45) is 3.03. The maximum atomic E-state index is 12.3. The topological polar surface area (TPSA) is 118 Å². The van der Waals surface area contributed by atoms with E-state index in [-0.39, 0.29) is 5.69 Å². The van der Waals surface area contributed by atoms with Gasteiger partial charge in [-0.3, -0.25) is 0 Å². The van der Waals surface area contributed by atoms with Crippen LogP contribution >= 0.6 is 27.5 Å². The molecular weight excluding hydrogens is 596 g/mol. The molecule has 0 aliphatic heterocycles. The fourth-order valence-electron chi connectivity index (χ4n) is 4.62. The number of aromatic nitrogens is 5. The molecule has 0 saturated heterocycles. The summed E-state index contributed by atoms with van der Waals surface area (Å²) in [7, 11) is 0. The van der Waals surface area contributed by atoms with Gasteiger partial charge in [0.2, 0.25) is 0 Å². The minimum Gasteiger partial charge on any atom is -0.489 e. The monoisotopic (exact) mass is 622 g/mol. The number of aromatic carboxylic acids is 1. The van der Waals surface area contributed by atoms with Crippen LogP contribution in [0.25, 0.3) is 16.6 Å². The molecule has 3 N–H and O–H groups in total. The van der Waals surface area contributed by atoms with E-state index in [1.165, 1.54) is 0 Å². The maximum absolute atomic E-state index is 12.3. The first-order chi connectivity index (χ1) is 19.5. The number of hydrogen-bond donors (Lipinski definition) is 3. The molecule has 2 aromatic heterocycles. The number of ether oxygens (including phenoxy) is 1. The average molecular weight is 624 g/mol. The molecule has 40 heavy (non-hydrogen) atoms.